The molecule has 2 heterocycles. The Morgan fingerprint density at radius 2 is 1.97 bits per heavy atom. The van der Waals surface area contributed by atoms with Gasteiger partial charge in [-0.15, -0.1) is 0 Å². The maximum Gasteiger partial charge on any atom is 0.417 e. The molecule has 1 amide bonds. The number of anilines is 1. The van der Waals surface area contributed by atoms with Crippen molar-refractivity contribution in [3.63, 3.8) is 0 Å². The molecule has 0 aliphatic heterocycles. The third-order valence-electron chi connectivity index (χ3n) is 4.66. The highest BCUT2D eigenvalue weighted by Gasteiger charge is 2.35. The molecule has 6 nitrogen and oxygen atoms in total. The maximum atomic E-state index is 13.4. The zero-order valence-electron chi connectivity index (χ0n) is 16.5. The number of hydrogen-bond acceptors (Lipinski definition) is 3. The van der Waals surface area contributed by atoms with Gasteiger partial charge in [0.15, 0.2) is 5.65 Å². The summed E-state index contributed by atoms with van der Waals surface area (Å²) >= 11 is 5.94. The number of carbonyl (C=O) groups excluding carboxylic acids is 1. The molecule has 0 atom stereocenters. The average Bonchev–Trinajstić information content (AvgIpc) is 3.08. The van der Waals surface area contributed by atoms with Gasteiger partial charge < -0.3 is 5.32 Å². The summed E-state index contributed by atoms with van der Waals surface area (Å²) in [6, 6.07) is 5.39. The average molecular weight is 441 g/mol. The molecule has 2 aromatic heterocycles. The van der Waals surface area contributed by atoms with Crippen LogP contribution in [0, 0.1) is 6.92 Å². The zero-order valence-corrected chi connectivity index (χ0v) is 17.3. The van der Waals surface area contributed by atoms with Crippen molar-refractivity contribution >= 4 is 34.2 Å². The van der Waals surface area contributed by atoms with E-state index < -0.39 is 23.2 Å². The summed E-state index contributed by atoms with van der Waals surface area (Å²) in [6.45, 7) is 5.22. The number of halogens is 4. The number of nitrogens with one attached hydrogen (secondary N) is 1. The van der Waals surface area contributed by atoms with E-state index in [2.05, 4.69) is 10.4 Å². The Morgan fingerprint density at radius 3 is 2.60 bits per heavy atom. The lowest BCUT2D eigenvalue weighted by Gasteiger charge is -2.12. The van der Waals surface area contributed by atoms with Gasteiger partial charge in [-0.1, -0.05) is 17.7 Å². The molecule has 0 saturated carbocycles. The molecule has 0 fully saturated rings. The Kier molecular flexibility index (Phi) is 5.94. The van der Waals surface area contributed by atoms with E-state index in [-0.39, 0.29) is 30.0 Å². The van der Waals surface area contributed by atoms with E-state index in [1.54, 1.807) is 39.0 Å². The Hall–Kier alpha value is -2.81. The van der Waals surface area contributed by atoms with E-state index in [1.807, 2.05) is 0 Å². The van der Waals surface area contributed by atoms with Crippen molar-refractivity contribution in [2.24, 2.45) is 0 Å². The van der Waals surface area contributed by atoms with Gasteiger partial charge in [-0.05, 0) is 38.5 Å². The molecule has 30 heavy (non-hydrogen) atoms. The van der Waals surface area contributed by atoms with Gasteiger partial charge in [0.1, 0.15) is 0 Å². The molecule has 10 heteroatoms. The van der Waals surface area contributed by atoms with E-state index in [4.69, 9.17) is 11.6 Å². The quantitative estimate of drug-likeness (QED) is 0.620. The van der Waals surface area contributed by atoms with E-state index in [1.165, 1.54) is 10.9 Å². The number of hydrogen-bond donors (Lipinski definition) is 1. The van der Waals surface area contributed by atoms with E-state index in [0.29, 0.717) is 16.8 Å². The molecular weight excluding hydrogens is 421 g/mol. The van der Waals surface area contributed by atoms with Gasteiger partial charge in [0, 0.05) is 47.4 Å². The highest BCUT2D eigenvalue weighted by Crippen LogP contribution is 2.34. The number of rotatable bonds is 5. The molecule has 1 N–H and O–H groups in total. The topological polar surface area (TPSA) is 68.9 Å². The van der Waals surface area contributed by atoms with Crippen LogP contribution in [0.25, 0.3) is 11.0 Å². The van der Waals surface area contributed by atoms with Crippen LogP contribution >= 0.6 is 11.6 Å². The summed E-state index contributed by atoms with van der Waals surface area (Å²) < 4.78 is 42.7. The lowest BCUT2D eigenvalue weighted by atomic mass is 10.1. The third-order valence-corrected chi connectivity index (χ3v) is 4.90. The van der Waals surface area contributed by atoms with E-state index in [0.717, 1.165) is 10.1 Å². The minimum absolute atomic E-state index is 0.102. The van der Waals surface area contributed by atoms with Crippen LogP contribution in [0.2, 0.25) is 5.02 Å². The fourth-order valence-corrected chi connectivity index (χ4v) is 3.20. The first-order chi connectivity index (χ1) is 14.0. The van der Waals surface area contributed by atoms with Crippen LogP contribution in [0.3, 0.4) is 0 Å². The zero-order chi connectivity index (χ0) is 22.2. The van der Waals surface area contributed by atoms with Crippen LogP contribution in [0.5, 0.6) is 0 Å². The first-order valence-corrected chi connectivity index (χ1v) is 9.61. The molecule has 0 spiro atoms. The van der Waals surface area contributed by atoms with E-state index >= 15 is 0 Å². The Morgan fingerprint density at radius 1 is 1.27 bits per heavy atom. The van der Waals surface area contributed by atoms with Crippen molar-refractivity contribution in [1.82, 2.24) is 14.3 Å². The van der Waals surface area contributed by atoms with Crippen LogP contribution in [-0.2, 0) is 17.5 Å². The minimum atomic E-state index is -4.69. The van der Waals surface area contributed by atoms with Gasteiger partial charge in [-0.25, -0.2) is 0 Å². The largest absolute Gasteiger partial charge is 0.417 e. The first kappa shape index (κ1) is 21.9. The monoisotopic (exact) mass is 440 g/mol. The highest BCUT2D eigenvalue weighted by molar-refractivity contribution is 6.31. The number of fused-ring (bicyclic) bond motifs is 1. The predicted octanol–water partition coefficient (Wildman–Crippen LogP) is 4.79. The maximum absolute atomic E-state index is 13.4. The number of nitrogens with zero attached hydrogens (tertiary/aromatic N) is 3. The van der Waals surface area contributed by atoms with Crippen LogP contribution in [0.4, 0.5) is 18.9 Å². The van der Waals surface area contributed by atoms with Gasteiger partial charge in [0.2, 0.25) is 5.91 Å². The smallest absolute Gasteiger partial charge is 0.326 e. The summed E-state index contributed by atoms with van der Waals surface area (Å²) in [5.41, 5.74) is -0.672. The Labute approximate surface area is 175 Å². The molecule has 0 bridgehead atoms. The SMILES string of the molecule is Cc1ccc(Cl)cc1NC(=O)CCn1c(=O)cc(C(F)(F)F)c2cn(C(C)C)nc21. The molecule has 1 aromatic carbocycles. The number of alkyl halides is 3. The van der Waals surface area contributed by atoms with Gasteiger partial charge in [0.25, 0.3) is 5.56 Å². The molecule has 0 aliphatic rings. The van der Waals surface area contributed by atoms with Crippen molar-refractivity contribution in [3.05, 3.63) is 57.0 Å². The number of benzene rings is 1. The normalized spacial score (nSPS) is 12.0. The van der Waals surface area contributed by atoms with Crippen LogP contribution in [-0.4, -0.2) is 20.3 Å². The fraction of sp³-hybridized carbons (Fsp3) is 0.350. The third kappa shape index (κ3) is 4.51. The van der Waals surface area contributed by atoms with Crippen LogP contribution in [0.1, 0.15) is 37.4 Å². The lowest BCUT2D eigenvalue weighted by Crippen LogP contribution is -2.25. The second kappa shape index (κ2) is 8.14. The first-order valence-electron chi connectivity index (χ1n) is 9.23. The molecule has 0 radical (unpaired) electrons. The second-order valence-corrected chi connectivity index (χ2v) is 7.68. The number of aromatic nitrogens is 3. The fourth-order valence-electron chi connectivity index (χ4n) is 3.03. The van der Waals surface area contributed by atoms with Crippen molar-refractivity contribution in [3.8, 4) is 0 Å². The Balaban J connectivity index is 1.92. The molecule has 160 valence electrons. The van der Waals surface area contributed by atoms with Crippen LogP contribution in [0.15, 0.2) is 35.3 Å². The van der Waals surface area contributed by atoms with Gasteiger partial charge in [-0.2, -0.15) is 18.3 Å². The molecule has 3 aromatic rings. The highest BCUT2D eigenvalue weighted by atomic mass is 35.5. The minimum Gasteiger partial charge on any atom is -0.326 e. The van der Waals surface area contributed by atoms with Crippen molar-refractivity contribution in [1.29, 1.82) is 0 Å². The number of amides is 1. The molecular formula is C20H20ClF3N4O2. The van der Waals surface area contributed by atoms with Crippen LogP contribution < -0.4 is 10.9 Å². The number of pyridine rings is 1. The predicted molar refractivity (Wildman–Crippen MR) is 109 cm³/mol. The van der Waals surface area contributed by atoms with Gasteiger partial charge in [-0.3, -0.25) is 18.8 Å². The van der Waals surface area contributed by atoms with Crippen molar-refractivity contribution in [2.45, 2.75) is 46.0 Å². The molecule has 0 aliphatic carbocycles. The summed E-state index contributed by atoms with van der Waals surface area (Å²) in [7, 11) is 0. The second-order valence-electron chi connectivity index (χ2n) is 7.24. The van der Waals surface area contributed by atoms with Gasteiger partial charge >= 0.3 is 6.18 Å². The summed E-state index contributed by atoms with van der Waals surface area (Å²) in [6.07, 6.45) is -3.54. The van der Waals surface area contributed by atoms with Crippen molar-refractivity contribution < 1.29 is 18.0 Å². The van der Waals surface area contributed by atoms with E-state index in [9.17, 15) is 22.8 Å². The lowest BCUT2D eigenvalue weighted by molar-refractivity contribution is -0.136. The molecule has 0 saturated heterocycles. The summed E-state index contributed by atoms with van der Waals surface area (Å²) in [5, 5.41) is 7.14. The van der Waals surface area contributed by atoms with Gasteiger partial charge in [0.05, 0.1) is 5.56 Å². The summed E-state index contributed by atoms with van der Waals surface area (Å²) in [5.74, 6) is -0.399. The standard InChI is InChI=1S/C20H20ClF3N4O2/c1-11(2)28-10-14-15(20(22,23)24)9-18(30)27(19(14)26-28)7-6-17(29)25-16-8-13(21)5-4-12(16)3/h4-5,8-11H,6-7H2,1-3H3,(H,25,29). The van der Waals surface area contributed by atoms with Crippen molar-refractivity contribution in [2.75, 3.05) is 5.32 Å². The molecule has 0 unspecified atom stereocenters. The Bertz CT molecular complexity index is 1170. The molecule has 3 rings (SSSR count). The summed E-state index contributed by atoms with van der Waals surface area (Å²) in [4.78, 5) is 24.8. The number of aryl methyl sites for hydroxylation is 2. The number of carbonyl (C=O) groups is 1.